The molecule has 1 atom stereocenters. The van der Waals surface area contributed by atoms with Gasteiger partial charge in [0.05, 0.1) is 12.8 Å². The smallest absolute Gasteiger partial charge is 0.287 e. The lowest BCUT2D eigenvalue weighted by atomic mass is 9.94. The van der Waals surface area contributed by atoms with Crippen LogP contribution >= 0.6 is 0 Å². The lowest BCUT2D eigenvalue weighted by molar-refractivity contribution is -0.141. The van der Waals surface area contributed by atoms with Crippen molar-refractivity contribution >= 4 is 17.7 Å². The van der Waals surface area contributed by atoms with Gasteiger partial charge in [0.15, 0.2) is 5.76 Å². The largest absolute Gasteiger partial charge is 0.459 e. The van der Waals surface area contributed by atoms with Crippen LogP contribution in [0.4, 0.5) is 0 Å². The molecular weight excluding hydrogens is 444 g/mol. The van der Waals surface area contributed by atoms with Crippen molar-refractivity contribution in [3.8, 4) is 0 Å². The maximum absolute atomic E-state index is 13.6. The molecule has 2 aromatic heterocycles. The summed E-state index contributed by atoms with van der Waals surface area (Å²) < 4.78 is 5.12. The van der Waals surface area contributed by atoms with Crippen molar-refractivity contribution in [3.63, 3.8) is 0 Å². The SMILES string of the molecule is O=C(NCC(=O)N(Cc1ccccc1)[C@H](C(=O)NC1CCCCC1)c1ccncc1)c1ccco1. The molecule has 8 nitrogen and oxygen atoms in total. The number of hydrogen-bond acceptors (Lipinski definition) is 5. The average molecular weight is 475 g/mol. The lowest BCUT2D eigenvalue weighted by Gasteiger charge is -2.33. The number of carbonyl (C=O) groups is 3. The third-order valence-corrected chi connectivity index (χ3v) is 6.19. The molecule has 35 heavy (non-hydrogen) atoms. The number of furan rings is 1. The van der Waals surface area contributed by atoms with E-state index < -0.39 is 11.9 Å². The van der Waals surface area contributed by atoms with Gasteiger partial charge in [-0.1, -0.05) is 49.6 Å². The van der Waals surface area contributed by atoms with Crippen LogP contribution in [0.2, 0.25) is 0 Å². The number of aromatic nitrogens is 1. The zero-order valence-corrected chi connectivity index (χ0v) is 19.6. The number of pyridine rings is 1. The first-order valence-corrected chi connectivity index (χ1v) is 12.0. The minimum absolute atomic E-state index is 0.0907. The van der Waals surface area contributed by atoms with Crippen LogP contribution in [0, 0.1) is 0 Å². The lowest BCUT2D eigenvalue weighted by Crippen LogP contribution is -2.49. The van der Waals surface area contributed by atoms with Gasteiger partial charge in [0.25, 0.3) is 5.91 Å². The molecule has 0 saturated heterocycles. The van der Waals surface area contributed by atoms with Gasteiger partial charge in [0.2, 0.25) is 11.8 Å². The Morgan fingerprint density at radius 1 is 0.971 bits per heavy atom. The second-order valence-electron chi connectivity index (χ2n) is 8.69. The molecule has 1 aliphatic carbocycles. The van der Waals surface area contributed by atoms with Crippen molar-refractivity contribution in [2.24, 2.45) is 0 Å². The average Bonchev–Trinajstić information content (AvgIpc) is 3.44. The predicted molar refractivity (Wildman–Crippen MR) is 130 cm³/mol. The molecule has 1 aliphatic rings. The Kier molecular flexibility index (Phi) is 8.27. The minimum atomic E-state index is -0.867. The van der Waals surface area contributed by atoms with Gasteiger partial charge in [-0.3, -0.25) is 19.4 Å². The van der Waals surface area contributed by atoms with Gasteiger partial charge in [-0.05, 0) is 48.2 Å². The molecule has 2 N–H and O–H groups in total. The van der Waals surface area contributed by atoms with Crippen molar-refractivity contribution < 1.29 is 18.8 Å². The number of amides is 3. The minimum Gasteiger partial charge on any atom is -0.459 e. The van der Waals surface area contributed by atoms with Gasteiger partial charge in [0.1, 0.15) is 6.04 Å². The summed E-state index contributed by atoms with van der Waals surface area (Å²) in [5, 5.41) is 5.78. The molecule has 0 unspecified atom stereocenters. The summed E-state index contributed by atoms with van der Waals surface area (Å²) in [4.78, 5) is 45.1. The molecule has 4 rings (SSSR count). The third-order valence-electron chi connectivity index (χ3n) is 6.19. The molecule has 1 aromatic carbocycles. The number of nitrogens with one attached hydrogen (secondary N) is 2. The molecule has 8 heteroatoms. The van der Waals surface area contributed by atoms with E-state index in [9.17, 15) is 14.4 Å². The van der Waals surface area contributed by atoms with E-state index in [1.54, 1.807) is 30.6 Å². The van der Waals surface area contributed by atoms with E-state index >= 15 is 0 Å². The highest BCUT2D eigenvalue weighted by Gasteiger charge is 2.33. The molecule has 0 spiro atoms. The Morgan fingerprint density at radius 3 is 2.40 bits per heavy atom. The maximum atomic E-state index is 13.6. The first-order valence-electron chi connectivity index (χ1n) is 12.0. The van der Waals surface area contributed by atoms with E-state index in [-0.39, 0.29) is 36.7 Å². The first kappa shape index (κ1) is 24.2. The van der Waals surface area contributed by atoms with Gasteiger partial charge < -0.3 is 20.0 Å². The Hall–Kier alpha value is -3.94. The Balaban J connectivity index is 1.60. The molecule has 1 fully saturated rings. The van der Waals surface area contributed by atoms with Crippen LogP contribution in [0.1, 0.15) is 59.8 Å². The van der Waals surface area contributed by atoms with E-state index in [0.717, 1.165) is 31.2 Å². The molecule has 0 radical (unpaired) electrons. The van der Waals surface area contributed by atoms with Gasteiger partial charge in [-0.25, -0.2) is 0 Å². The number of carbonyl (C=O) groups excluding carboxylic acids is 3. The fraction of sp³-hybridized carbons (Fsp3) is 0.333. The van der Waals surface area contributed by atoms with Crippen molar-refractivity contribution in [1.29, 1.82) is 0 Å². The predicted octanol–water partition coefficient (Wildman–Crippen LogP) is 3.62. The molecule has 3 amide bonds. The molecular formula is C27H30N4O4. The topological polar surface area (TPSA) is 105 Å². The van der Waals surface area contributed by atoms with Crippen LogP contribution in [0.5, 0.6) is 0 Å². The van der Waals surface area contributed by atoms with Crippen LogP contribution in [0.25, 0.3) is 0 Å². The summed E-state index contributed by atoms with van der Waals surface area (Å²) >= 11 is 0. The monoisotopic (exact) mass is 474 g/mol. The van der Waals surface area contributed by atoms with E-state index in [2.05, 4.69) is 15.6 Å². The number of nitrogens with zero attached hydrogens (tertiary/aromatic N) is 2. The second-order valence-corrected chi connectivity index (χ2v) is 8.69. The summed E-state index contributed by atoms with van der Waals surface area (Å²) in [6.07, 6.45) is 9.82. The van der Waals surface area contributed by atoms with Gasteiger partial charge >= 0.3 is 0 Å². The van der Waals surface area contributed by atoms with Crippen LogP contribution in [0.3, 0.4) is 0 Å². The van der Waals surface area contributed by atoms with Gasteiger partial charge in [-0.2, -0.15) is 0 Å². The van der Waals surface area contributed by atoms with Crippen LogP contribution in [0.15, 0.2) is 77.7 Å². The summed E-state index contributed by atoms with van der Waals surface area (Å²) in [7, 11) is 0. The van der Waals surface area contributed by atoms with Crippen LogP contribution in [-0.2, 0) is 16.1 Å². The highest BCUT2D eigenvalue weighted by atomic mass is 16.3. The van der Waals surface area contributed by atoms with E-state index in [0.29, 0.717) is 5.56 Å². The van der Waals surface area contributed by atoms with Gasteiger partial charge in [0, 0.05) is 25.0 Å². The zero-order chi connectivity index (χ0) is 24.5. The molecule has 2 heterocycles. The highest BCUT2D eigenvalue weighted by Crippen LogP contribution is 2.25. The first-order chi connectivity index (χ1) is 17.1. The summed E-state index contributed by atoms with van der Waals surface area (Å²) in [6.45, 7) is -0.0635. The summed E-state index contributed by atoms with van der Waals surface area (Å²) in [6, 6.07) is 15.3. The quantitative estimate of drug-likeness (QED) is 0.493. The number of rotatable bonds is 9. The van der Waals surface area contributed by atoms with Crippen molar-refractivity contribution in [2.45, 2.75) is 50.7 Å². The third kappa shape index (κ3) is 6.56. The van der Waals surface area contributed by atoms with Gasteiger partial charge in [-0.15, -0.1) is 0 Å². The molecule has 182 valence electrons. The zero-order valence-electron chi connectivity index (χ0n) is 19.6. The molecule has 0 bridgehead atoms. The Bertz CT molecular complexity index is 1100. The Morgan fingerprint density at radius 2 is 1.71 bits per heavy atom. The molecule has 1 saturated carbocycles. The van der Waals surface area contributed by atoms with Crippen molar-refractivity contribution in [3.05, 3.63) is 90.1 Å². The molecule has 3 aromatic rings. The van der Waals surface area contributed by atoms with E-state index in [1.807, 2.05) is 30.3 Å². The maximum Gasteiger partial charge on any atom is 0.287 e. The fourth-order valence-electron chi connectivity index (χ4n) is 4.40. The second kappa shape index (κ2) is 12.0. The highest BCUT2D eigenvalue weighted by molar-refractivity contribution is 5.95. The number of hydrogen-bond donors (Lipinski definition) is 2. The fourth-order valence-corrected chi connectivity index (χ4v) is 4.40. The number of benzene rings is 1. The van der Waals surface area contributed by atoms with Crippen molar-refractivity contribution in [2.75, 3.05) is 6.54 Å². The summed E-state index contributed by atoms with van der Waals surface area (Å²) in [5.41, 5.74) is 1.54. The van der Waals surface area contributed by atoms with Crippen LogP contribution in [-0.4, -0.2) is 40.2 Å². The van der Waals surface area contributed by atoms with E-state index in [1.165, 1.54) is 23.7 Å². The van der Waals surface area contributed by atoms with Crippen molar-refractivity contribution in [1.82, 2.24) is 20.5 Å². The Labute approximate surface area is 204 Å². The summed E-state index contributed by atoms with van der Waals surface area (Å²) in [5.74, 6) is -0.984. The standard InChI is InChI=1S/C27H30N4O4/c32-24(18-29-26(33)23-12-7-17-35-23)31(19-20-8-3-1-4-9-20)25(21-13-15-28-16-14-21)27(34)30-22-10-5-2-6-11-22/h1,3-4,7-9,12-17,22,25H,2,5-6,10-11,18-19H2,(H,29,33)(H,30,34)/t25-/m0/s1. The normalized spacial score (nSPS) is 14.6. The van der Waals surface area contributed by atoms with Crippen LogP contribution < -0.4 is 10.6 Å². The molecule has 0 aliphatic heterocycles. The van der Waals surface area contributed by atoms with E-state index in [4.69, 9.17) is 4.42 Å².